The molecule has 3 aromatic carbocycles. The van der Waals surface area contributed by atoms with Crippen molar-refractivity contribution in [3.63, 3.8) is 0 Å². The van der Waals surface area contributed by atoms with Gasteiger partial charge in [-0.1, -0.05) is 61.4 Å². The third-order valence-electron chi connectivity index (χ3n) is 12.3. The van der Waals surface area contributed by atoms with Gasteiger partial charge < -0.3 is 24.4 Å². The average Bonchev–Trinajstić information content (AvgIpc) is 3.98. The molecule has 3 saturated heterocycles. The van der Waals surface area contributed by atoms with Gasteiger partial charge in [0.1, 0.15) is 24.1 Å². The molecular formula is C46H50FN9O4. The van der Waals surface area contributed by atoms with Crippen LogP contribution in [0.25, 0.3) is 33.2 Å². The number of nitrogens with one attached hydrogen (secondary N) is 2. The molecule has 0 saturated carbocycles. The zero-order chi connectivity index (χ0) is 41.0. The first-order valence-electron chi connectivity index (χ1n) is 21.2. The van der Waals surface area contributed by atoms with Crippen LogP contribution in [0.1, 0.15) is 47.4 Å². The van der Waals surface area contributed by atoms with Crippen LogP contribution in [0, 0.1) is 17.7 Å². The molecule has 0 bridgehead atoms. The van der Waals surface area contributed by atoms with Crippen molar-refractivity contribution in [2.24, 2.45) is 11.8 Å². The number of piperazine rings is 1. The molecular weight excluding hydrogens is 762 g/mol. The van der Waals surface area contributed by atoms with Crippen LogP contribution in [-0.4, -0.2) is 117 Å². The third-order valence-corrected chi connectivity index (χ3v) is 12.3. The molecule has 0 aliphatic carbocycles. The molecule has 1 amide bonds. The van der Waals surface area contributed by atoms with E-state index in [1.54, 1.807) is 29.2 Å². The number of unbranched alkanes of at least 4 members (excludes halogenated alkanes) is 3. The second kappa shape index (κ2) is 17.7. The Morgan fingerprint density at radius 3 is 2.32 bits per heavy atom. The van der Waals surface area contributed by atoms with Crippen LogP contribution in [0.2, 0.25) is 0 Å². The molecule has 9 rings (SSSR count). The molecule has 13 nitrogen and oxygen atoms in total. The summed E-state index contributed by atoms with van der Waals surface area (Å²) < 4.78 is 20.6. The predicted molar refractivity (Wildman–Crippen MR) is 228 cm³/mol. The molecule has 3 fully saturated rings. The van der Waals surface area contributed by atoms with E-state index >= 15 is 4.39 Å². The zero-order valence-corrected chi connectivity index (χ0v) is 33.7. The topological polar surface area (TPSA) is 144 Å². The molecule has 14 heteroatoms. The monoisotopic (exact) mass is 811 g/mol. The van der Waals surface area contributed by atoms with E-state index in [0.29, 0.717) is 78.8 Å². The zero-order valence-electron chi connectivity index (χ0n) is 33.7. The number of ether oxygens (including phenoxy) is 1. The van der Waals surface area contributed by atoms with Gasteiger partial charge in [-0.05, 0) is 73.2 Å². The van der Waals surface area contributed by atoms with E-state index in [-0.39, 0.29) is 23.0 Å². The minimum absolute atomic E-state index is 0.0276. The summed E-state index contributed by atoms with van der Waals surface area (Å²) in [6.45, 7) is 7.97. The van der Waals surface area contributed by atoms with E-state index in [1.165, 1.54) is 25.0 Å². The number of H-pyrrole nitrogens is 2. The molecule has 2 N–H and O–H groups in total. The van der Waals surface area contributed by atoms with Crippen LogP contribution in [0.3, 0.4) is 0 Å². The Morgan fingerprint density at radius 1 is 0.783 bits per heavy atom. The highest BCUT2D eigenvalue weighted by Gasteiger charge is 2.40. The molecule has 0 radical (unpaired) electrons. The normalized spacial score (nSPS) is 18.4. The van der Waals surface area contributed by atoms with Crippen LogP contribution in [0.5, 0.6) is 0 Å². The number of carbonyl (C=O) groups is 2. The molecule has 310 valence electrons. The number of carbonyl (C=O) groups excluding carboxylic acids is 2. The van der Waals surface area contributed by atoms with E-state index in [4.69, 9.17) is 14.7 Å². The van der Waals surface area contributed by atoms with E-state index in [2.05, 4.69) is 29.9 Å². The van der Waals surface area contributed by atoms with Gasteiger partial charge in [0.25, 0.3) is 11.5 Å². The lowest BCUT2D eigenvalue weighted by Crippen LogP contribution is -2.49. The summed E-state index contributed by atoms with van der Waals surface area (Å²) in [5.74, 6) is 1.90. The van der Waals surface area contributed by atoms with Gasteiger partial charge in [-0.2, -0.15) is 5.10 Å². The molecule has 3 aromatic heterocycles. The summed E-state index contributed by atoms with van der Waals surface area (Å²) in [6, 6.07) is 25.3. The number of amides is 1. The van der Waals surface area contributed by atoms with Crippen LogP contribution < -0.4 is 10.5 Å². The summed E-state index contributed by atoms with van der Waals surface area (Å²) in [6.07, 6.45) is 5.45. The van der Waals surface area contributed by atoms with E-state index in [9.17, 15) is 14.4 Å². The van der Waals surface area contributed by atoms with Crippen molar-refractivity contribution in [1.82, 2.24) is 39.8 Å². The number of esters is 1. The summed E-state index contributed by atoms with van der Waals surface area (Å²) in [5.41, 5.74) is 3.30. The number of nitrogens with zero attached hydrogens (tertiary/aromatic N) is 7. The Kier molecular flexibility index (Phi) is 11.6. The van der Waals surface area contributed by atoms with Crippen molar-refractivity contribution >= 4 is 39.6 Å². The van der Waals surface area contributed by atoms with Gasteiger partial charge in [-0.15, -0.1) is 0 Å². The SMILES string of the molecule is O=C(CN1CC2CN(CCCCCCc3nc4nc(N5CCN(C(=O)c6cc(-c7n[nH]c(=O)c8ccccc78)ccc6F)CC5)ccc4[nH]3)CC2C1)OCc1ccccc1. The molecule has 2 atom stereocenters. The quantitative estimate of drug-likeness (QED) is 0.104. The maximum absolute atomic E-state index is 15.1. The van der Waals surface area contributed by atoms with Gasteiger partial charge in [0.15, 0.2) is 5.65 Å². The Bertz CT molecular complexity index is 2520. The number of fused-ring (bicyclic) bond motifs is 3. The number of hydrogen-bond donors (Lipinski definition) is 2. The number of benzene rings is 3. The molecule has 2 unspecified atom stereocenters. The highest BCUT2D eigenvalue weighted by atomic mass is 19.1. The van der Waals surface area contributed by atoms with Gasteiger partial charge in [0.2, 0.25) is 0 Å². The standard InChI is InChI=1S/C46H50FN9O4/c47-38-16-15-32(43-35-12-7-8-13-36(35)45(58)52-51-43)24-37(38)46(59)56-22-20-55(21-23-56)41-18-17-39-44(50-41)49-40(48-39)14-6-1-2-9-19-53-25-33-27-54(28-34(33)26-53)29-42(57)60-30-31-10-4-3-5-11-31/h3-5,7-8,10-13,15-18,24,33-34H,1-2,6,9,14,19-23,25-30H2,(H,52,58)(H,48,49,50). The number of anilines is 1. The van der Waals surface area contributed by atoms with Crippen LogP contribution >= 0.6 is 0 Å². The molecule has 3 aliphatic heterocycles. The van der Waals surface area contributed by atoms with E-state index < -0.39 is 5.82 Å². The number of pyridine rings is 1. The molecule has 6 heterocycles. The fourth-order valence-corrected chi connectivity index (χ4v) is 9.15. The number of halogens is 1. The highest BCUT2D eigenvalue weighted by molar-refractivity contribution is 5.98. The van der Waals surface area contributed by atoms with Crippen molar-refractivity contribution in [2.75, 3.05) is 70.3 Å². The smallest absolute Gasteiger partial charge is 0.320 e. The number of aromatic amines is 2. The van der Waals surface area contributed by atoms with Crippen molar-refractivity contribution in [1.29, 1.82) is 0 Å². The number of aryl methyl sites for hydroxylation is 1. The maximum Gasteiger partial charge on any atom is 0.320 e. The number of aromatic nitrogens is 5. The second-order valence-corrected chi connectivity index (χ2v) is 16.4. The van der Waals surface area contributed by atoms with Crippen LogP contribution in [0.4, 0.5) is 10.2 Å². The van der Waals surface area contributed by atoms with E-state index in [0.717, 1.165) is 74.7 Å². The van der Waals surface area contributed by atoms with Crippen molar-refractivity contribution < 1.29 is 18.7 Å². The molecule has 0 spiro atoms. The van der Waals surface area contributed by atoms with Crippen LogP contribution in [0.15, 0.2) is 89.7 Å². The fourth-order valence-electron chi connectivity index (χ4n) is 9.15. The van der Waals surface area contributed by atoms with Gasteiger partial charge in [-0.3, -0.25) is 19.3 Å². The van der Waals surface area contributed by atoms with Crippen molar-refractivity contribution in [3.05, 3.63) is 118 Å². The fraction of sp³-hybridized carbons (Fsp3) is 0.391. The molecule has 6 aromatic rings. The number of hydrogen-bond acceptors (Lipinski definition) is 10. The second-order valence-electron chi connectivity index (χ2n) is 16.4. The minimum Gasteiger partial charge on any atom is -0.460 e. The van der Waals surface area contributed by atoms with Crippen LogP contribution in [-0.2, 0) is 22.6 Å². The lowest BCUT2D eigenvalue weighted by molar-refractivity contribution is -0.146. The summed E-state index contributed by atoms with van der Waals surface area (Å²) in [7, 11) is 0. The van der Waals surface area contributed by atoms with Crippen molar-refractivity contribution in [2.45, 2.75) is 38.7 Å². The lowest BCUT2D eigenvalue weighted by atomic mass is 10.0. The predicted octanol–water partition coefficient (Wildman–Crippen LogP) is 5.67. The number of imidazole rings is 1. The third kappa shape index (κ3) is 8.80. The van der Waals surface area contributed by atoms with Gasteiger partial charge in [0, 0.05) is 69.7 Å². The summed E-state index contributed by atoms with van der Waals surface area (Å²) >= 11 is 0. The molecule has 3 aliphatic rings. The minimum atomic E-state index is -0.601. The average molecular weight is 812 g/mol. The van der Waals surface area contributed by atoms with E-state index in [1.807, 2.05) is 48.5 Å². The first kappa shape index (κ1) is 39.5. The van der Waals surface area contributed by atoms with Gasteiger partial charge >= 0.3 is 5.97 Å². The maximum atomic E-state index is 15.1. The molecule has 60 heavy (non-hydrogen) atoms. The Balaban J connectivity index is 0.694. The van der Waals surface area contributed by atoms with Crippen molar-refractivity contribution in [3.8, 4) is 11.3 Å². The Morgan fingerprint density at radius 2 is 1.52 bits per heavy atom. The van der Waals surface area contributed by atoms with Gasteiger partial charge in [-0.25, -0.2) is 19.5 Å². The Labute approximate surface area is 347 Å². The number of rotatable bonds is 14. The lowest BCUT2D eigenvalue weighted by Gasteiger charge is -2.35. The summed E-state index contributed by atoms with van der Waals surface area (Å²) in [5, 5.41) is 7.85. The largest absolute Gasteiger partial charge is 0.460 e. The first-order chi connectivity index (χ1) is 29.3. The van der Waals surface area contributed by atoms with Gasteiger partial charge in [0.05, 0.1) is 28.7 Å². The summed E-state index contributed by atoms with van der Waals surface area (Å²) in [4.78, 5) is 60.1. The Hall–Kier alpha value is -5.99. The first-order valence-corrected chi connectivity index (χ1v) is 21.2. The number of likely N-dealkylation sites (tertiary alicyclic amines) is 2. The highest BCUT2D eigenvalue weighted by Crippen LogP contribution is 2.31.